The minimum absolute atomic E-state index is 0.0736. The van der Waals surface area contributed by atoms with Crippen molar-refractivity contribution in [2.45, 2.75) is 57.7 Å². The first-order valence-corrected chi connectivity index (χ1v) is 8.47. The van der Waals surface area contributed by atoms with Crippen LogP contribution in [0.5, 0.6) is 0 Å². The van der Waals surface area contributed by atoms with Crippen LogP contribution in [0.2, 0.25) is 0 Å². The summed E-state index contributed by atoms with van der Waals surface area (Å²) in [5.41, 5.74) is 0. The second-order valence-electron chi connectivity index (χ2n) is 5.46. The molecule has 0 aromatic rings. The van der Waals surface area contributed by atoms with Gasteiger partial charge in [-0.2, -0.15) is 0 Å². The zero-order valence-electron chi connectivity index (χ0n) is 14.4. The molecule has 0 aliphatic rings. The minimum Gasteiger partial charge on any atom is -0.481 e. The van der Waals surface area contributed by atoms with Gasteiger partial charge in [0.05, 0.1) is 12.2 Å². The van der Waals surface area contributed by atoms with Gasteiger partial charge in [-0.25, -0.2) is 0 Å². The summed E-state index contributed by atoms with van der Waals surface area (Å²) in [4.78, 5) is 10.3. The van der Waals surface area contributed by atoms with Crippen LogP contribution in [0, 0.1) is 0 Å². The van der Waals surface area contributed by atoms with Gasteiger partial charge in [-0.3, -0.25) is 4.79 Å². The predicted molar refractivity (Wildman–Crippen MR) is 98.7 cm³/mol. The second-order valence-corrected chi connectivity index (χ2v) is 5.46. The highest BCUT2D eigenvalue weighted by Crippen LogP contribution is 2.02. The minimum atomic E-state index is -0.846. The Morgan fingerprint density at radius 2 is 1.54 bits per heavy atom. The summed E-state index contributed by atoms with van der Waals surface area (Å²) in [6, 6.07) is 0. The van der Waals surface area contributed by atoms with E-state index in [1.165, 1.54) is 0 Å². The number of aliphatic hydroxyl groups excluding tert-OH is 2. The first-order valence-electron chi connectivity index (χ1n) is 8.47. The van der Waals surface area contributed by atoms with E-state index in [1.807, 2.05) is 18.2 Å². The predicted octanol–water partition coefficient (Wildman–Crippen LogP) is 3.93. The lowest BCUT2D eigenvalue weighted by Gasteiger charge is -2.02. The van der Waals surface area contributed by atoms with Gasteiger partial charge in [-0.1, -0.05) is 74.1 Å². The molecule has 0 saturated carbocycles. The van der Waals surface area contributed by atoms with Gasteiger partial charge >= 0.3 is 5.97 Å². The van der Waals surface area contributed by atoms with Crippen molar-refractivity contribution in [1.29, 1.82) is 0 Å². The highest BCUT2D eigenvalue weighted by molar-refractivity contribution is 5.66. The molecule has 0 aromatic heterocycles. The van der Waals surface area contributed by atoms with Crippen molar-refractivity contribution >= 4 is 5.97 Å². The van der Waals surface area contributed by atoms with Gasteiger partial charge in [0.25, 0.3) is 0 Å². The lowest BCUT2D eigenvalue weighted by molar-refractivity contribution is -0.137. The summed E-state index contributed by atoms with van der Waals surface area (Å²) >= 11 is 0. The van der Waals surface area contributed by atoms with E-state index in [-0.39, 0.29) is 6.42 Å². The molecule has 24 heavy (non-hydrogen) atoms. The first kappa shape index (κ1) is 22.1. The third kappa shape index (κ3) is 16.5. The average Bonchev–Trinajstić information content (AvgIpc) is 2.53. The Hall–Kier alpha value is -1.91. The van der Waals surface area contributed by atoms with Crippen LogP contribution in [0.4, 0.5) is 0 Å². The summed E-state index contributed by atoms with van der Waals surface area (Å²) in [6.45, 7) is 2.13. The van der Waals surface area contributed by atoms with E-state index >= 15 is 0 Å². The summed E-state index contributed by atoms with van der Waals surface area (Å²) in [5, 5.41) is 27.8. The van der Waals surface area contributed by atoms with Crippen LogP contribution in [0.15, 0.2) is 60.8 Å². The molecular weight excluding hydrogens is 304 g/mol. The zero-order chi connectivity index (χ0) is 18.0. The SMILES string of the molecule is CCC/C=C/C=C\CC(O)/C=C/C=C/C=C\C(O)CCCC(=O)O. The van der Waals surface area contributed by atoms with Crippen LogP contribution in [0.1, 0.15) is 45.4 Å². The van der Waals surface area contributed by atoms with Crippen molar-refractivity contribution in [3.05, 3.63) is 60.8 Å². The first-order chi connectivity index (χ1) is 11.6. The molecule has 2 unspecified atom stereocenters. The van der Waals surface area contributed by atoms with E-state index in [1.54, 1.807) is 36.5 Å². The zero-order valence-corrected chi connectivity index (χ0v) is 14.4. The van der Waals surface area contributed by atoms with Crippen LogP contribution < -0.4 is 0 Å². The summed E-state index contributed by atoms with van der Waals surface area (Å²) in [7, 11) is 0. The number of aliphatic carboxylic acids is 1. The van der Waals surface area contributed by atoms with Crippen LogP contribution in [0.3, 0.4) is 0 Å². The van der Waals surface area contributed by atoms with Gasteiger partial charge in [0.2, 0.25) is 0 Å². The third-order valence-corrected chi connectivity index (χ3v) is 3.11. The Balaban J connectivity index is 3.89. The maximum atomic E-state index is 10.3. The quantitative estimate of drug-likeness (QED) is 0.446. The maximum Gasteiger partial charge on any atom is 0.303 e. The van der Waals surface area contributed by atoms with E-state index in [4.69, 9.17) is 5.11 Å². The van der Waals surface area contributed by atoms with E-state index in [0.717, 1.165) is 12.8 Å². The molecule has 0 fully saturated rings. The summed E-state index contributed by atoms with van der Waals surface area (Å²) in [6.07, 6.45) is 20.9. The average molecular weight is 334 g/mol. The summed E-state index contributed by atoms with van der Waals surface area (Å²) in [5.74, 6) is -0.846. The molecule has 4 heteroatoms. The van der Waals surface area contributed by atoms with Crippen LogP contribution in [-0.2, 0) is 4.79 Å². The van der Waals surface area contributed by atoms with Gasteiger partial charge < -0.3 is 15.3 Å². The maximum absolute atomic E-state index is 10.3. The molecule has 0 aromatic carbocycles. The standard InChI is InChI=1S/C20H30O4/c1-2-3-4-5-6-9-13-18(21)14-10-7-8-11-15-19(22)16-12-17-20(23)24/h4-11,14-15,18-19,21-22H,2-3,12-13,16-17H2,1H3,(H,23,24)/b5-4+,8-7+,9-6-,14-10+,15-11-. The Kier molecular flexibility index (Phi) is 14.7. The lowest BCUT2D eigenvalue weighted by Crippen LogP contribution is -2.03. The van der Waals surface area contributed by atoms with Crippen molar-refractivity contribution in [1.82, 2.24) is 0 Å². The Bertz CT molecular complexity index is 458. The Labute approximate surface area is 145 Å². The van der Waals surface area contributed by atoms with Gasteiger partial charge in [-0.15, -0.1) is 0 Å². The third-order valence-electron chi connectivity index (χ3n) is 3.11. The van der Waals surface area contributed by atoms with Crippen molar-refractivity contribution in [2.75, 3.05) is 0 Å². The molecule has 0 rings (SSSR count). The molecule has 134 valence electrons. The van der Waals surface area contributed by atoms with Crippen molar-refractivity contribution in [3.63, 3.8) is 0 Å². The number of allylic oxidation sites excluding steroid dienone is 7. The molecular formula is C20H30O4. The molecule has 0 saturated heterocycles. The van der Waals surface area contributed by atoms with E-state index in [2.05, 4.69) is 13.0 Å². The normalized spacial score (nSPS) is 15.5. The smallest absolute Gasteiger partial charge is 0.303 e. The number of aliphatic hydroxyl groups is 2. The van der Waals surface area contributed by atoms with Crippen LogP contribution in [0.25, 0.3) is 0 Å². The summed E-state index contributed by atoms with van der Waals surface area (Å²) < 4.78 is 0. The van der Waals surface area contributed by atoms with E-state index in [0.29, 0.717) is 19.3 Å². The number of carboxylic acids is 1. The number of unbranched alkanes of at least 4 members (excludes halogenated alkanes) is 1. The Morgan fingerprint density at radius 1 is 0.917 bits per heavy atom. The number of hydrogen-bond acceptors (Lipinski definition) is 3. The molecule has 0 spiro atoms. The van der Waals surface area contributed by atoms with Gasteiger partial charge in [0.1, 0.15) is 0 Å². The number of rotatable bonds is 13. The topological polar surface area (TPSA) is 77.8 Å². The monoisotopic (exact) mass is 334 g/mol. The highest BCUT2D eigenvalue weighted by Gasteiger charge is 2.01. The lowest BCUT2D eigenvalue weighted by atomic mass is 10.1. The number of carbonyl (C=O) groups is 1. The van der Waals surface area contributed by atoms with E-state index < -0.39 is 18.2 Å². The number of carboxylic acid groups (broad SMARTS) is 1. The van der Waals surface area contributed by atoms with Crippen LogP contribution >= 0.6 is 0 Å². The Morgan fingerprint density at radius 3 is 2.17 bits per heavy atom. The highest BCUT2D eigenvalue weighted by atomic mass is 16.4. The van der Waals surface area contributed by atoms with Crippen molar-refractivity contribution < 1.29 is 20.1 Å². The van der Waals surface area contributed by atoms with E-state index in [9.17, 15) is 15.0 Å². The molecule has 0 radical (unpaired) electrons. The van der Waals surface area contributed by atoms with Crippen molar-refractivity contribution in [2.24, 2.45) is 0 Å². The molecule has 0 bridgehead atoms. The van der Waals surface area contributed by atoms with Crippen molar-refractivity contribution in [3.8, 4) is 0 Å². The fraction of sp³-hybridized carbons (Fsp3) is 0.450. The fourth-order valence-electron chi connectivity index (χ4n) is 1.79. The second kappa shape index (κ2) is 16.0. The van der Waals surface area contributed by atoms with Crippen LogP contribution in [-0.4, -0.2) is 33.5 Å². The molecule has 2 atom stereocenters. The molecule has 0 aliphatic heterocycles. The molecule has 0 amide bonds. The molecule has 0 aliphatic carbocycles. The molecule has 0 heterocycles. The largest absolute Gasteiger partial charge is 0.481 e. The molecule has 3 N–H and O–H groups in total. The van der Waals surface area contributed by atoms with Gasteiger partial charge in [-0.05, 0) is 25.7 Å². The fourth-order valence-corrected chi connectivity index (χ4v) is 1.79. The van der Waals surface area contributed by atoms with Gasteiger partial charge in [0.15, 0.2) is 0 Å². The number of hydrogen-bond donors (Lipinski definition) is 3. The molecule has 4 nitrogen and oxygen atoms in total. The van der Waals surface area contributed by atoms with Gasteiger partial charge in [0, 0.05) is 6.42 Å².